The van der Waals surface area contributed by atoms with Crippen molar-refractivity contribution in [2.24, 2.45) is 56.2 Å². The Bertz CT molecular complexity index is 502. The molecule has 312 valence electrons. The van der Waals surface area contributed by atoms with Gasteiger partial charge in [0.1, 0.15) is 0 Å². The molecule has 0 N–H and O–H groups in total. The highest BCUT2D eigenvalue weighted by Crippen LogP contribution is 2.36. The zero-order chi connectivity index (χ0) is 41.6. The number of rotatable bonds is 3. The summed E-state index contributed by atoms with van der Waals surface area (Å²) in [7, 11) is 0. The van der Waals surface area contributed by atoms with Gasteiger partial charge < -0.3 is 0 Å². The van der Waals surface area contributed by atoms with Gasteiger partial charge in [0, 0.05) is 0 Å². The molecular formula is C49H116. The monoisotopic (exact) mass is 705 g/mol. The molecule has 0 rings (SSSR count). The lowest BCUT2D eigenvalue weighted by Gasteiger charge is -2.34. The van der Waals surface area contributed by atoms with Crippen LogP contribution in [0.4, 0.5) is 0 Å². The smallest absolute Gasteiger partial charge is 0.0334 e. The summed E-state index contributed by atoms with van der Waals surface area (Å²) in [5.41, 5.74) is 2.96. The Morgan fingerprint density at radius 1 is 0.327 bits per heavy atom. The highest BCUT2D eigenvalue weighted by atomic mass is 14.3. The highest BCUT2D eigenvalue weighted by molar-refractivity contribution is 4.77. The van der Waals surface area contributed by atoms with Crippen LogP contribution in [0.5, 0.6) is 0 Å². The van der Waals surface area contributed by atoms with Crippen LogP contribution in [0.1, 0.15) is 268 Å². The normalized spacial score (nSPS) is 11.5. The van der Waals surface area contributed by atoms with Gasteiger partial charge in [-0.1, -0.05) is 268 Å². The van der Waals surface area contributed by atoms with Gasteiger partial charge in [0.05, 0.1) is 0 Å². The summed E-state index contributed by atoms with van der Waals surface area (Å²) in [5.74, 6) is 3.37. The average Bonchev–Trinajstić information content (AvgIpc) is 2.87. The zero-order valence-corrected chi connectivity index (χ0v) is 41.6. The van der Waals surface area contributed by atoms with Crippen LogP contribution in [-0.4, -0.2) is 0 Å². The maximum atomic E-state index is 2.27. The molecule has 0 fully saturated rings. The first-order valence-corrected chi connectivity index (χ1v) is 20.7. The molecule has 0 aromatic rings. The lowest BCUT2D eigenvalue weighted by molar-refractivity contribution is 0.157. The standard InChI is InChI=1S/C8H18.2C7H16.2C6H14.2C5H12.C4H10.CH4/c1-7(2,3)8(4,5)6;2*1-6(2)7(3,4)5;2*1-5-6(2,3)4;2*1-4-5(2)3;1-3-4-2;/h1-6H3;2*6H,1-5H3;2*5H2,1-4H3;2*5H,4H2,1-3H3;3-4H2,1-2H3;1H4. The lowest BCUT2D eigenvalue weighted by Crippen LogP contribution is -2.25. The molecule has 0 saturated heterocycles. The average molecular weight is 705 g/mol. The van der Waals surface area contributed by atoms with Crippen molar-refractivity contribution in [1.82, 2.24) is 0 Å². The topological polar surface area (TPSA) is 0 Å². The van der Waals surface area contributed by atoms with Gasteiger partial charge in [-0.15, -0.1) is 0 Å². The summed E-state index contributed by atoms with van der Waals surface area (Å²) in [6, 6.07) is 0. The van der Waals surface area contributed by atoms with Gasteiger partial charge in [0.2, 0.25) is 0 Å². The van der Waals surface area contributed by atoms with E-state index in [1.165, 1.54) is 38.5 Å². The van der Waals surface area contributed by atoms with Crippen molar-refractivity contribution in [3.05, 3.63) is 0 Å². The van der Waals surface area contributed by atoms with E-state index < -0.39 is 0 Å². The molecule has 0 aliphatic rings. The Kier molecular flexibility index (Phi) is 52.4. The summed E-state index contributed by atoms with van der Waals surface area (Å²) >= 11 is 0. The predicted molar refractivity (Wildman–Crippen MR) is 245 cm³/mol. The summed E-state index contributed by atoms with van der Waals surface area (Å²) in [5, 5.41) is 0. The largest absolute Gasteiger partial charge is 0.0776 e. The fraction of sp³-hybridized carbons (Fsp3) is 1.00. The summed E-state index contributed by atoms with van der Waals surface area (Å²) < 4.78 is 0. The quantitative estimate of drug-likeness (QED) is 0.274. The molecule has 49 heavy (non-hydrogen) atoms. The van der Waals surface area contributed by atoms with Gasteiger partial charge in [0.15, 0.2) is 0 Å². The molecule has 0 spiro atoms. The molecule has 0 saturated carbocycles. The summed E-state index contributed by atoms with van der Waals surface area (Å²) in [4.78, 5) is 0. The zero-order valence-electron chi connectivity index (χ0n) is 41.6. The van der Waals surface area contributed by atoms with Gasteiger partial charge >= 0.3 is 0 Å². The van der Waals surface area contributed by atoms with E-state index in [9.17, 15) is 0 Å². The highest BCUT2D eigenvalue weighted by Gasteiger charge is 2.26. The van der Waals surface area contributed by atoms with Crippen LogP contribution in [0.3, 0.4) is 0 Å². The molecular weight excluding hydrogens is 589 g/mol. The van der Waals surface area contributed by atoms with E-state index in [1.54, 1.807) is 0 Å². The minimum absolute atomic E-state index is 0. The third kappa shape index (κ3) is 99.2. The Morgan fingerprint density at radius 2 is 0.429 bits per heavy atom. The maximum Gasteiger partial charge on any atom is -0.0334 e. The number of hydrogen-bond donors (Lipinski definition) is 0. The maximum absolute atomic E-state index is 2.27. The first-order valence-electron chi connectivity index (χ1n) is 20.7. The first kappa shape index (κ1) is 70.6. The second kappa shape index (κ2) is 36.4. The summed E-state index contributed by atoms with van der Waals surface area (Å²) in [6.45, 7) is 71.7. The van der Waals surface area contributed by atoms with Gasteiger partial charge in [-0.3, -0.25) is 0 Å². The molecule has 0 aromatic heterocycles. The molecule has 0 aromatic carbocycles. The number of unbranched alkanes of at least 4 members (excludes halogenated alkanes) is 1. The molecule has 0 heteroatoms. The minimum Gasteiger partial charge on any atom is -0.0776 e. The Balaban J connectivity index is -0.0000000536. The molecule has 0 unspecified atom stereocenters. The molecule has 0 amide bonds. The van der Waals surface area contributed by atoms with Gasteiger partial charge in [-0.2, -0.15) is 0 Å². The second-order valence-electron chi connectivity index (χ2n) is 22.0. The van der Waals surface area contributed by atoms with Crippen molar-refractivity contribution < 1.29 is 0 Å². The SMILES string of the molecule is C.CC(C)(C)C(C)(C)C.CC(C)C(C)(C)C.CC(C)C(C)(C)C.CCC(C)(C)C.CCC(C)(C)C.CCC(C)C.CCC(C)C.CCCC. The van der Waals surface area contributed by atoms with E-state index in [-0.39, 0.29) is 7.43 Å². The van der Waals surface area contributed by atoms with Gasteiger partial charge in [-0.05, 0) is 56.2 Å². The van der Waals surface area contributed by atoms with Crippen molar-refractivity contribution in [1.29, 1.82) is 0 Å². The first-order chi connectivity index (χ1) is 20.7. The van der Waals surface area contributed by atoms with Crippen molar-refractivity contribution in [3.8, 4) is 0 Å². The van der Waals surface area contributed by atoms with E-state index in [1.807, 2.05) is 0 Å². The van der Waals surface area contributed by atoms with Crippen LogP contribution in [0.15, 0.2) is 0 Å². The predicted octanol–water partition coefficient (Wildman–Crippen LogP) is 19.9. The molecule has 0 atom stereocenters. The van der Waals surface area contributed by atoms with Gasteiger partial charge in [0.25, 0.3) is 0 Å². The van der Waals surface area contributed by atoms with Crippen LogP contribution in [0.2, 0.25) is 0 Å². The van der Waals surface area contributed by atoms with E-state index in [4.69, 9.17) is 0 Å². The van der Waals surface area contributed by atoms with E-state index in [0.717, 1.165) is 23.7 Å². The van der Waals surface area contributed by atoms with Crippen LogP contribution < -0.4 is 0 Å². The Hall–Kier alpha value is 0. The Labute approximate surface area is 322 Å². The molecule has 0 aliphatic heterocycles. The minimum atomic E-state index is 0. The fourth-order valence-corrected chi connectivity index (χ4v) is 0. The van der Waals surface area contributed by atoms with Gasteiger partial charge in [-0.25, -0.2) is 0 Å². The van der Waals surface area contributed by atoms with E-state index in [2.05, 4.69) is 222 Å². The van der Waals surface area contributed by atoms with Crippen LogP contribution >= 0.6 is 0 Å². The molecule has 0 radical (unpaired) electrons. The Morgan fingerprint density at radius 3 is 0.429 bits per heavy atom. The van der Waals surface area contributed by atoms with E-state index >= 15 is 0 Å². The molecule has 0 aliphatic carbocycles. The number of hydrogen-bond acceptors (Lipinski definition) is 0. The van der Waals surface area contributed by atoms with Crippen molar-refractivity contribution in [2.45, 2.75) is 268 Å². The third-order valence-electron chi connectivity index (χ3n) is 9.97. The molecule has 0 nitrogen and oxygen atoms in total. The van der Waals surface area contributed by atoms with Crippen molar-refractivity contribution in [2.75, 3.05) is 0 Å². The van der Waals surface area contributed by atoms with Crippen molar-refractivity contribution in [3.63, 3.8) is 0 Å². The summed E-state index contributed by atoms with van der Waals surface area (Å²) in [6.07, 6.45) is 7.79. The van der Waals surface area contributed by atoms with Crippen LogP contribution in [0.25, 0.3) is 0 Å². The lowest BCUT2D eigenvalue weighted by atomic mass is 9.71. The molecule has 0 heterocycles. The van der Waals surface area contributed by atoms with E-state index in [0.29, 0.717) is 32.5 Å². The second-order valence-corrected chi connectivity index (χ2v) is 22.0. The fourth-order valence-electron chi connectivity index (χ4n) is 0. The van der Waals surface area contributed by atoms with Crippen LogP contribution in [0, 0.1) is 56.2 Å². The molecule has 0 bridgehead atoms. The van der Waals surface area contributed by atoms with Crippen molar-refractivity contribution >= 4 is 0 Å². The van der Waals surface area contributed by atoms with Crippen LogP contribution in [-0.2, 0) is 0 Å². The third-order valence-corrected chi connectivity index (χ3v) is 9.97.